The molecule has 1 aromatic heterocycles. The van der Waals surface area contributed by atoms with Gasteiger partial charge < -0.3 is 20.2 Å². The van der Waals surface area contributed by atoms with E-state index in [4.69, 9.17) is 4.42 Å². The fourth-order valence-electron chi connectivity index (χ4n) is 2.65. The van der Waals surface area contributed by atoms with Crippen LogP contribution >= 0.6 is 0 Å². The minimum Gasteiger partial charge on any atom is -0.463 e. The van der Waals surface area contributed by atoms with Gasteiger partial charge in [0.1, 0.15) is 17.1 Å². The maximum atomic E-state index is 12.3. The summed E-state index contributed by atoms with van der Waals surface area (Å²) in [6.45, 7) is 2.64. The van der Waals surface area contributed by atoms with E-state index in [1.807, 2.05) is 0 Å². The van der Waals surface area contributed by atoms with Crippen LogP contribution in [-0.2, 0) is 5.60 Å². The van der Waals surface area contributed by atoms with Gasteiger partial charge in [-0.1, -0.05) is 0 Å². The van der Waals surface area contributed by atoms with Gasteiger partial charge in [0.2, 0.25) is 0 Å². The van der Waals surface area contributed by atoms with Crippen molar-refractivity contribution in [2.45, 2.75) is 38.1 Å². The predicted molar refractivity (Wildman–Crippen MR) is 80.5 cm³/mol. The topological polar surface area (TPSA) is 77.7 Å². The van der Waals surface area contributed by atoms with Gasteiger partial charge in [0.25, 0.3) is 0 Å². The summed E-state index contributed by atoms with van der Waals surface area (Å²) < 4.78 is 42.3. The lowest BCUT2D eigenvalue weighted by atomic mass is 10.0. The van der Waals surface area contributed by atoms with Crippen molar-refractivity contribution in [3.8, 4) is 0 Å². The molecule has 136 valence electrons. The van der Waals surface area contributed by atoms with Crippen LogP contribution in [0.15, 0.2) is 16.5 Å². The maximum Gasteiger partial charge on any atom is 0.401 e. The monoisotopic (exact) mass is 349 g/mol. The first kappa shape index (κ1) is 18.6. The van der Waals surface area contributed by atoms with Crippen molar-refractivity contribution in [1.82, 2.24) is 15.5 Å². The maximum absolute atomic E-state index is 12.3. The number of urea groups is 1. The number of hydrogen-bond acceptors (Lipinski definition) is 4. The summed E-state index contributed by atoms with van der Waals surface area (Å²) in [6, 6.07) is 2.46. The van der Waals surface area contributed by atoms with Crippen molar-refractivity contribution in [2.24, 2.45) is 0 Å². The zero-order chi connectivity index (χ0) is 18.0. The number of carbonyl (C=O) groups is 1. The molecule has 1 aromatic rings. The Labute approximate surface area is 138 Å². The zero-order valence-electron chi connectivity index (χ0n) is 13.6. The van der Waals surface area contributed by atoms with E-state index in [9.17, 15) is 23.1 Å². The van der Waals surface area contributed by atoms with Gasteiger partial charge in [-0.3, -0.25) is 4.90 Å². The van der Waals surface area contributed by atoms with Crippen molar-refractivity contribution < 1.29 is 27.5 Å². The van der Waals surface area contributed by atoms with Crippen LogP contribution in [-0.4, -0.2) is 54.4 Å². The summed E-state index contributed by atoms with van der Waals surface area (Å²) in [5.74, 6) is 0.975. The number of furan rings is 1. The van der Waals surface area contributed by atoms with Crippen LogP contribution in [0.2, 0.25) is 0 Å². The minimum atomic E-state index is -4.24. The van der Waals surface area contributed by atoms with E-state index in [1.165, 1.54) is 11.8 Å². The fraction of sp³-hybridized carbons (Fsp3) is 0.667. The standard InChI is InChI=1S/C15H22F3N3O3/c1-10-3-4-12(24-10)14(2,23)8-19-13(22)20-11-5-6-21(7-11)9-15(16,17)18/h3-4,11,23H,5-9H2,1-2H3,(H2,19,20,22). The molecule has 1 aliphatic rings. The summed E-state index contributed by atoms with van der Waals surface area (Å²) in [4.78, 5) is 13.1. The second kappa shape index (κ2) is 7.02. The minimum absolute atomic E-state index is 0.0786. The molecule has 9 heteroatoms. The molecule has 2 rings (SSSR count). The van der Waals surface area contributed by atoms with Gasteiger partial charge in [-0.05, 0) is 32.4 Å². The van der Waals surface area contributed by atoms with Gasteiger partial charge in [0.05, 0.1) is 13.1 Å². The molecule has 3 N–H and O–H groups in total. The number of rotatable bonds is 5. The van der Waals surface area contributed by atoms with E-state index in [0.717, 1.165) is 0 Å². The second-order valence-electron chi connectivity index (χ2n) is 6.35. The number of alkyl halides is 3. The number of carbonyl (C=O) groups excluding carboxylic acids is 1. The summed E-state index contributed by atoms with van der Waals surface area (Å²) in [6.07, 6.45) is -3.78. The number of nitrogens with one attached hydrogen (secondary N) is 2. The SMILES string of the molecule is Cc1ccc(C(C)(O)CNC(=O)NC2CCN(CC(F)(F)F)C2)o1. The Morgan fingerprint density at radius 3 is 2.75 bits per heavy atom. The number of likely N-dealkylation sites (tertiary alicyclic amines) is 1. The Balaban J connectivity index is 1.76. The third-order valence-electron chi connectivity index (χ3n) is 3.87. The van der Waals surface area contributed by atoms with Crippen LogP contribution in [0.5, 0.6) is 0 Å². The van der Waals surface area contributed by atoms with Crippen LogP contribution in [0.1, 0.15) is 24.9 Å². The zero-order valence-corrected chi connectivity index (χ0v) is 13.6. The number of amides is 2. The highest BCUT2D eigenvalue weighted by Crippen LogP contribution is 2.22. The van der Waals surface area contributed by atoms with Crippen molar-refractivity contribution in [1.29, 1.82) is 0 Å². The van der Waals surface area contributed by atoms with Gasteiger partial charge in [0, 0.05) is 19.1 Å². The van der Waals surface area contributed by atoms with Gasteiger partial charge in [-0.15, -0.1) is 0 Å². The molecular formula is C15H22F3N3O3. The number of halogens is 3. The molecule has 2 amide bonds. The molecule has 0 spiro atoms. The number of aryl methyl sites for hydroxylation is 1. The van der Waals surface area contributed by atoms with E-state index in [0.29, 0.717) is 17.9 Å². The van der Waals surface area contributed by atoms with Crippen LogP contribution in [0.25, 0.3) is 0 Å². The number of nitrogens with zero attached hydrogens (tertiary/aromatic N) is 1. The molecule has 1 fully saturated rings. The van der Waals surface area contributed by atoms with E-state index < -0.39 is 24.4 Å². The molecule has 6 nitrogen and oxygen atoms in total. The summed E-state index contributed by atoms with van der Waals surface area (Å²) in [5, 5.41) is 15.5. The van der Waals surface area contributed by atoms with Gasteiger partial charge in [0.15, 0.2) is 0 Å². The first-order valence-corrected chi connectivity index (χ1v) is 7.68. The smallest absolute Gasteiger partial charge is 0.401 e. The Morgan fingerprint density at radius 1 is 1.46 bits per heavy atom. The largest absolute Gasteiger partial charge is 0.463 e. The first-order chi connectivity index (χ1) is 11.0. The Bertz CT molecular complexity index is 572. The lowest BCUT2D eigenvalue weighted by Crippen LogP contribution is -2.47. The molecule has 2 atom stereocenters. The molecule has 1 saturated heterocycles. The van der Waals surface area contributed by atoms with Crippen molar-refractivity contribution in [3.63, 3.8) is 0 Å². The van der Waals surface area contributed by atoms with E-state index in [2.05, 4.69) is 10.6 Å². The van der Waals surface area contributed by atoms with Gasteiger partial charge in [-0.25, -0.2) is 4.79 Å². The second-order valence-corrected chi connectivity index (χ2v) is 6.35. The van der Waals surface area contributed by atoms with E-state index in [-0.39, 0.29) is 25.7 Å². The normalized spacial score (nSPS) is 21.5. The molecule has 2 heterocycles. The highest BCUT2D eigenvalue weighted by atomic mass is 19.4. The third-order valence-corrected chi connectivity index (χ3v) is 3.87. The highest BCUT2D eigenvalue weighted by molar-refractivity contribution is 5.74. The molecule has 0 saturated carbocycles. The number of aliphatic hydroxyl groups is 1. The molecule has 0 aromatic carbocycles. The van der Waals surface area contributed by atoms with Crippen LogP contribution in [0.3, 0.4) is 0 Å². The average Bonchev–Trinajstić information content (AvgIpc) is 3.04. The fourth-order valence-corrected chi connectivity index (χ4v) is 2.65. The van der Waals surface area contributed by atoms with E-state index >= 15 is 0 Å². The van der Waals surface area contributed by atoms with Crippen LogP contribution < -0.4 is 10.6 Å². The molecule has 0 radical (unpaired) electrons. The average molecular weight is 349 g/mol. The summed E-state index contributed by atoms with van der Waals surface area (Å²) >= 11 is 0. The number of hydrogen-bond donors (Lipinski definition) is 3. The lowest BCUT2D eigenvalue weighted by molar-refractivity contribution is -0.143. The molecular weight excluding hydrogens is 327 g/mol. The molecule has 1 aliphatic heterocycles. The molecule has 0 aliphatic carbocycles. The predicted octanol–water partition coefficient (Wildman–Crippen LogP) is 1.73. The lowest BCUT2D eigenvalue weighted by Gasteiger charge is -2.22. The Morgan fingerprint density at radius 2 is 2.17 bits per heavy atom. The van der Waals surface area contributed by atoms with E-state index in [1.54, 1.807) is 19.1 Å². The van der Waals surface area contributed by atoms with Crippen LogP contribution in [0, 0.1) is 6.92 Å². The molecule has 0 bridgehead atoms. The van der Waals surface area contributed by atoms with Crippen molar-refractivity contribution in [3.05, 3.63) is 23.7 Å². The molecule has 24 heavy (non-hydrogen) atoms. The van der Waals surface area contributed by atoms with Crippen molar-refractivity contribution in [2.75, 3.05) is 26.2 Å². The Hall–Kier alpha value is -1.74. The summed E-state index contributed by atoms with van der Waals surface area (Å²) in [7, 11) is 0. The third kappa shape index (κ3) is 5.41. The first-order valence-electron chi connectivity index (χ1n) is 7.68. The Kier molecular flexibility index (Phi) is 5.44. The summed E-state index contributed by atoms with van der Waals surface area (Å²) in [5.41, 5.74) is -1.37. The van der Waals surface area contributed by atoms with Crippen LogP contribution in [0.4, 0.5) is 18.0 Å². The van der Waals surface area contributed by atoms with Crippen molar-refractivity contribution >= 4 is 6.03 Å². The molecule has 2 unspecified atom stereocenters. The van der Waals surface area contributed by atoms with Gasteiger partial charge >= 0.3 is 12.2 Å². The highest BCUT2D eigenvalue weighted by Gasteiger charge is 2.35. The van der Waals surface area contributed by atoms with Gasteiger partial charge in [-0.2, -0.15) is 13.2 Å². The quantitative estimate of drug-likeness (QED) is 0.757.